The van der Waals surface area contributed by atoms with E-state index in [0.29, 0.717) is 17.7 Å². The summed E-state index contributed by atoms with van der Waals surface area (Å²) in [7, 11) is 0. The van der Waals surface area contributed by atoms with Gasteiger partial charge in [-0.1, -0.05) is 30.3 Å². The number of hydrogen-bond donors (Lipinski definition) is 1. The van der Waals surface area contributed by atoms with Crippen molar-refractivity contribution >= 4 is 11.7 Å². The lowest BCUT2D eigenvalue weighted by Crippen LogP contribution is -2.17. The van der Waals surface area contributed by atoms with E-state index < -0.39 is 16.8 Å². The smallest absolute Gasteiger partial charge is 0.312 e. The molecule has 108 valence electrons. The summed E-state index contributed by atoms with van der Waals surface area (Å²) in [5, 5.41) is 20.1. The lowest BCUT2D eigenvalue weighted by atomic mass is 9.93. The second kappa shape index (κ2) is 6.13. The molecule has 0 saturated carbocycles. The van der Waals surface area contributed by atoms with Gasteiger partial charge < -0.3 is 5.11 Å². The fraction of sp³-hybridized carbons (Fsp3) is 0.200. The highest BCUT2D eigenvalue weighted by atomic mass is 16.6. The molecule has 2 aromatic rings. The van der Waals surface area contributed by atoms with E-state index in [-0.39, 0.29) is 5.69 Å². The minimum Gasteiger partial charge on any atom is -0.481 e. The monoisotopic (exact) mass is 286 g/mol. The molecule has 0 spiro atoms. The Hall–Kier alpha value is -2.76. The van der Waals surface area contributed by atoms with Crippen molar-refractivity contribution in [3.63, 3.8) is 0 Å². The molecule has 1 aromatic heterocycles. The van der Waals surface area contributed by atoms with E-state index >= 15 is 0 Å². The van der Waals surface area contributed by atoms with Gasteiger partial charge in [0.15, 0.2) is 0 Å². The molecule has 6 heteroatoms. The highest BCUT2D eigenvalue weighted by Gasteiger charge is 2.24. The molecule has 6 nitrogen and oxygen atoms in total. The molecular formula is C15H14N2O4. The zero-order valence-electron chi connectivity index (χ0n) is 11.4. The largest absolute Gasteiger partial charge is 0.481 e. The molecule has 0 amide bonds. The second-order valence-corrected chi connectivity index (χ2v) is 4.73. The van der Waals surface area contributed by atoms with Crippen LogP contribution in [0, 0.1) is 17.0 Å². The maximum absolute atomic E-state index is 11.5. The number of aliphatic carboxylic acids is 1. The predicted molar refractivity (Wildman–Crippen MR) is 76.2 cm³/mol. The fourth-order valence-electron chi connectivity index (χ4n) is 2.19. The topological polar surface area (TPSA) is 93.3 Å². The maximum Gasteiger partial charge on any atom is 0.312 e. The predicted octanol–water partition coefficient (Wildman–Crippen LogP) is 2.71. The fourth-order valence-corrected chi connectivity index (χ4v) is 2.19. The van der Waals surface area contributed by atoms with Gasteiger partial charge in [0.05, 0.1) is 10.6 Å². The summed E-state index contributed by atoms with van der Waals surface area (Å²) in [6.07, 6.45) is 1.39. The first-order valence-electron chi connectivity index (χ1n) is 6.36. The van der Waals surface area contributed by atoms with E-state index in [4.69, 9.17) is 0 Å². The molecule has 1 unspecified atom stereocenters. The number of nitrogens with zero attached hydrogens (tertiary/aromatic N) is 2. The third kappa shape index (κ3) is 3.42. The zero-order chi connectivity index (χ0) is 15.4. The van der Waals surface area contributed by atoms with E-state index in [0.717, 1.165) is 11.8 Å². The van der Waals surface area contributed by atoms with Crippen LogP contribution >= 0.6 is 0 Å². The van der Waals surface area contributed by atoms with Crippen LogP contribution in [-0.4, -0.2) is 21.0 Å². The summed E-state index contributed by atoms with van der Waals surface area (Å²) < 4.78 is 0. The van der Waals surface area contributed by atoms with Crippen molar-refractivity contribution in [2.45, 2.75) is 19.3 Å². The van der Waals surface area contributed by atoms with Gasteiger partial charge in [-0.2, -0.15) is 0 Å². The van der Waals surface area contributed by atoms with Crippen LogP contribution in [0.5, 0.6) is 0 Å². The maximum atomic E-state index is 11.5. The number of aromatic nitrogens is 1. The molecule has 1 aromatic carbocycles. The molecule has 0 radical (unpaired) electrons. The van der Waals surface area contributed by atoms with Crippen LogP contribution in [0.2, 0.25) is 0 Å². The number of benzene rings is 1. The van der Waals surface area contributed by atoms with E-state index in [1.54, 1.807) is 6.92 Å². The molecule has 0 fully saturated rings. The Morgan fingerprint density at radius 3 is 2.57 bits per heavy atom. The van der Waals surface area contributed by atoms with Gasteiger partial charge in [0.2, 0.25) is 0 Å². The SMILES string of the molecule is Cc1cc([N+](=O)[O-])cnc1C(Cc1ccccc1)C(=O)O. The molecule has 21 heavy (non-hydrogen) atoms. The van der Waals surface area contributed by atoms with Gasteiger partial charge in [-0.15, -0.1) is 0 Å². The average Bonchev–Trinajstić information content (AvgIpc) is 2.46. The molecule has 1 heterocycles. The van der Waals surface area contributed by atoms with Crippen molar-refractivity contribution in [3.8, 4) is 0 Å². The number of carboxylic acids is 1. The Morgan fingerprint density at radius 1 is 1.38 bits per heavy atom. The zero-order valence-corrected chi connectivity index (χ0v) is 11.4. The Balaban J connectivity index is 2.35. The summed E-state index contributed by atoms with van der Waals surface area (Å²) in [6.45, 7) is 1.64. The van der Waals surface area contributed by atoms with Crippen LogP contribution < -0.4 is 0 Å². The van der Waals surface area contributed by atoms with Gasteiger partial charge >= 0.3 is 5.97 Å². The molecule has 0 bridgehead atoms. The Labute approximate surface area is 121 Å². The highest BCUT2D eigenvalue weighted by Crippen LogP contribution is 2.25. The number of hydrogen-bond acceptors (Lipinski definition) is 4. The van der Waals surface area contributed by atoms with Crippen LogP contribution in [0.4, 0.5) is 5.69 Å². The summed E-state index contributed by atoms with van der Waals surface area (Å²) in [5.41, 5.74) is 1.61. The number of aryl methyl sites for hydroxylation is 1. The van der Waals surface area contributed by atoms with Crippen molar-refractivity contribution in [3.05, 3.63) is 69.5 Å². The lowest BCUT2D eigenvalue weighted by molar-refractivity contribution is -0.385. The molecule has 0 aliphatic carbocycles. The first-order chi connectivity index (χ1) is 9.99. The van der Waals surface area contributed by atoms with Crippen molar-refractivity contribution < 1.29 is 14.8 Å². The molecule has 0 saturated heterocycles. The minimum atomic E-state index is -0.997. The second-order valence-electron chi connectivity index (χ2n) is 4.73. The van der Waals surface area contributed by atoms with Gasteiger partial charge in [0, 0.05) is 6.07 Å². The first-order valence-corrected chi connectivity index (χ1v) is 6.36. The molecule has 1 N–H and O–H groups in total. The average molecular weight is 286 g/mol. The van der Waals surface area contributed by atoms with Crippen LogP contribution in [0.25, 0.3) is 0 Å². The van der Waals surface area contributed by atoms with Crippen molar-refractivity contribution in [1.29, 1.82) is 0 Å². The summed E-state index contributed by atoms with van der Waals surface area (Å²) in [5.74, 6) is -1.82. The number of nitro groups is 1. The normalized spacial score (nSPS) is 11.9. The first kappa shape index (κ1) is 14.6. The molecule has 0 aliphatic heterocycles. The van der Waals surface area contributed by atoms with E-state index in [1.165, 1.54) is 6.07 Å². The molecular weight excluding hydrogens is 272 g/mol. The number of carboxylic acid groups (broad SMARTS) is 1. The standard InChI is InChI=1S/C15H14N2O4/c1-10-7-12(17(20)21)9-16-14(10)13(15(18)19)8-11-5-3-2-4-6-11/h2-7,9,13H,8H2,1H3,(H,18,19). The summed E-state index contributed by atoms with van der Waals surface area (Å²) in [4.78, 5) is 25.7. The Bertz CT molecular complexity index is 671. The number of pyridine rings is 1. The van der Waals surface area contributed by atoms with Gasteiger partial charge in [0.25, 0.3) is 5.69 Å². The van der Waals surface area contributed by atoms with E-state index in [1.807, 2.05) is 30.3 Å². The third-order valence-corrected chi connectivity index (χ3v) is 3.23. The van der Waals surface area contributed by atoms with Crippen molar-refractivity contribution in [1.82, 2.24) is 4.98 Å². The van der Waals surface area contributed by atoms with Crippen LogP contribution in [0.1, 0.15) is 22.7 Å². The van der Waals surface area contributed by atoms with Gasteiger partial charge in [0.1, 0.15) is 12.1 Å². The number of carbonyl (C=O) groups is 1. The molecule has 0 aliphatic rings. The lowest BCUT2D eigenvalue weighted by Gasteiger charge is -2.14. The quantitative estimate of drug-likeness (QED) is 0.673. The molecule has 2 rings (SSSR count). The van der Waals surface area contributed by atoms with Crippen molar-refractivity contribution in [2.24, 2.45) is 0 Å². The van der Waals surface area contributed by atoms with Gasteiger partial charge in [-0.3, -0.25) is 19.9 Å². The Morgan fingerprint density at radius 2 is 2.05 bits per heavy atom. The minimum absolute atomic E-state index is 0.139. The highest BCUT2D eigenvalue weighted by molar-refractivity contribution is 5.76. The van der Waals surface area contributed by atoms with Crippen LogP contribution in [-0.2, 0) is 11.2 Å². The molecule has 1 atom stereocenters. The van der Waals surface area contributed by atoms with Gasteiger partial charge in [-0.25, -0.2) is 0 Å². The van der Waals surface area contributed by atoms with E-state index in [2.05, 4.69) is 4.98 Å². The van der Waals surface area contributed by atoms with Crippen LogP contribution in [0.15, 0.2) is 42.6 Å². The third-order valence-electron chi connectivity index (χ3n) is 3.23. The number of rotatable bonds is 5. The Kier molecular flexibility index (Phi) is 4.27. The van der Waals surface area contributed by atoms with Gasteiger partial charge in [-0.05, 0) is 24.5 Å². The summed E-state index contributed by atoms with van der Waals surface area (Å²) >= 11 is 0. The summed E-state index contributed by atoms with van der Waals surface area (Å²) in [6, 6.07) is 10.6. The van der Waals surface area contributed by atoms with Crippen LogP contribution in [0.3, 0.4) is 0 Å². The van der Waals surface area contributed by atoms with Crippen molar-refractivity contribution in [2.75, 3.05) is 0 Å². The van der Waals surface area contributed by atoms with E-state index in [9.17, 15) is 20.0 Å².